The van der Waals surface area contributed by atoms with Crippen LogP contribution in [0.25, 0.3) is 5.65 Å². The van der Waals surface area contributed by atoms with E-state index in [4.69, 9.17) is 0 Å². The van der Waals surface area contributed by atoms with Crippen LogP contribution in [0.1, 0.15) is 66.2 Å². The van der Waals surface area contributed by atoms with Gasteiger partial charge < -0.3 is 4.90 Å². The lowest BCUT2D eigenvalue weighted by molar-refractivity contribution is -0.142. The summed E-state index contributed by atoms with van der Waals surface area (Å²) in [5.74, 6) is -0.215. The molecule has 1 aliphatic heterocycles. The molecule has 25 heavy (non-hydrogen) atoms. The second kappa shape index (κ2) is 6.00. The van der Waals surface area contributed by atoms with Crippen molar-refractivity contribution >= 4 is 11.6 Å². The van der Waals surface area contributed by atoms with E-state index in [-0.39, 0.29) is 23.0 Å². The summed E-state index contributed by atoms with van der Waals surface area (Å²) in [6.07, 6.45) is 2.33. The predicted octanol–water partition coefficient (Wildman–Crippen LogP) is 3.64. The molecule has 2 aromatic rings. The fraction of sp³-hybridized carbons (Fsp3) is 0.588. The summed E-state index contributed by atoms with van der Waals surface area (Å²) in [6.45, 7) is 1.26. The average molecular weight is 352 g/mol. The Morgan fingerprint density at radius 1 is 1.12 bits per heavy atom. The van der Waals surface area contributed by atoms with Crippen molar-refractivity contribution in [2.75, 3.05) is 13.1 Å². The molecule has 1 aliphatic carbocycles. The van der Waals surface area contributed by atoms with Crippen molar-refractivity contribution in [1.29, 1.82) is 0 Å². The van der Waals surface area contributed by atoms with Gasteiger partial charge in [-0.15, -0.1) is 0 Å². The fourth-order valence-electron chi connectivity index (χ4n) is 3.37. The summed E-state index contributed by atoms with van der Waals surface area (Å²) >= 11 is 0. The number of carbonyl (C=O) groups excluding carboxylic acids is 1. The number of likely N-dealkylation sites (tertiary alicyclic amines) is 1. The largest absolute Gasteiger partial charge is 0.433 e. The SMILES string of the molecule is O=C(c1cnn2c(C(F)(F)F)cc(C3CC3)nc12)N1CCCCCC1. The van der Waals surface area contributed by atoms with E-state index in [0.29, 0.717) is 18.8 Å². The van der Waals surface area contributed by atoms with Crippen molar-refractivity contribution in [3.05, 3.63) is 29.2 Å². The minimum atomic E-state index is -4.54. The van der Waals surface area contributed by atoms with Crippen molar-refractivity contribution < 1.29 is 18.0 Å². The van der Waals surface area contributed by atoms with E-state index in [1.54, 1.807) is 4.90 Å². The molecule has 1 amide bonds. The van der Waals surface area contributed by atoms with Crippen molar-refractivity contribution in [3.8, 4) is 0 Å². The van der Waals surface area contributed by atoms with Gasteiger partial charge in [-0.2, -0.15) is 18.3 Å². The maximum Gasteiger partial charge on any atom is 0.433 e. The van der Waals surface area contributed by atoms with Gasteiger partial charge in [0, 0.05) is 24.7 Å². The molecule has 0 unspecified atom stereocenters. The summed E-state index contributed by atoms with van der Waals surface area (Å²) in [5.41, 5.74) is -0.277. The second-order valence-corrected chi connectivity index (χ2v) is 6.84. The lowest BCUT2D eigenvalue weighted by atomic mass is 10.2. The van der Waals surface area contributed by atoms with Gasteiger partial charge in [0.15, 0.2) is 5.65 Å². The highest BCUT2D eigenvalue weighted by atomic mass is 19.4. The van der Waals surface area contributed by atoms with Crippen molar-refractivity contribution in [2.45, 2.75) is 50.6 Å². The highest BCUT2D eigenvalue weighted by Crippen LogP contribution is 2.41. The third-order valence-corrected chi connectivity index (χ3v) is 4.90. The smallest absolute Gasteiger partial charge is 0.338 e. The van der Waals surface area contributed by atoms with Crippen molar-refractivity contribution in [1.82, 2.24) is 19.5 Å². The number of hydrogen-bond donors (Lipinski definition) is 0. The Morgan fingerprint density at radius 2 is 1.80 bits per heavy atom. The average Bonchev–Trinajstić information content (AvgIpc) is 3.36. The summed E-state index contributed by atoms with van der Waals surface area (Å²) in [5, 5.41) is 3.83. The van der Waals surface area contributed by atoms with Gasteiger partial charge in [0.05, 0.1) is 6.20 Å². The van der Waals surface area contributed by atoms with E-state index in [9.17, 15) is 18.0 Å². The summed E-state index contributed by atoms with van der Waals surface area (Å²) in [6, 6.07) is 1.07. The number of fused-ring (bicyclic) bond motifs is 1. The molecule has 0 spiro atoms. The molecule has 3 heterocycles. The number of aromatic nitrogens is 3. The van der Waals surface area contributed by atoms with Crippen molar-refractivity contribution in [2.24, 2.45) is 0 Å². The quantitative estimate of drug-likeness (QED) is 0.829. The molecule has 4 rings (SSSR count). The van der Waals surface area contributed by atoms with Gasteiger partial charge >= 0.3 is 6.18 Å². The minimum absolute atomic E-state index is 0.0194. The lowest BCUT2D eigenvalue weighted by Gasteiger charge is -2.19. The molecule has 1 saturated heterocycles. The molecule has 0 N–H and O–H groups in total. The highest BCUT2D eigenvalue weighted by molar-refractivity contribution is 5.99. The third kappa shape index (κ3) is 3.09. The lowest BCUT2D eigenvalue weighted by Crippen LogP contribution is -2.31. The van der Waals surface area contributed by atoms with E-state index in [1.807, 2.05) is 0 Å². The molecule has 0 bridgehead atoms. The molecular formula is C17H19F3N4O. The zero-order chi connectivity index (χ0) is 17.6. The van der Waals surface area contributed by atoms with Gasteiger partial charge in [0.2, 0.25) is 0 Å². The van der Waals surface area contributed by atoms with Gasteiger partial charge in [-0.05, 0) is 31.7 Å². The van der Waals surface area contributed by atoms with Crippen LogP contribution in [-0.2, 0) is 6.18 Å². The summed E-state index contributed by atoms with van der Waals surface area (Å²) in [7, 11) is 0. The van der Waals surface area contributed by atoms with Crippen LogP contribution in [-0.4, -0.2) is 38.5 Å². The molecule has 8 heteroatoms. The van der Waals surface area contributed by atoms with Crippen LogP contribution in [0.15, 0.2) is 12.3 Å². The number of hydrogen-bond acceptors (Lipinski definition) is 3. The van der Waals surface area contributed by atoms with Crippen LogP contribution >= 0.6 is 0 Å². The number of amides is 1. The van der Waals surface area contributed by atoms with Crippen LogP contribution in [0.5, 0.6) is 0 Å². The van der Waals surface area contributed by atoms with Crippen LogP contribution < -0.4 is 0 Å². The highest BCUT2D eigenvalue weighted by Gasteiger charge is 2.38. The molecule has 1 saturated carbocycles. The van der Waals surface area contributed by atoms with Crippen LogP contribution in [0.4, 0.5) is 13.2 Å². The zero-order valence-electron chi connectivity index (χ0n) is 13.7. The number of rotatable bonds is 2. The first-order valence-corrected chi connectivity index (χ1v) is 8.70. The summed E-state index contributed by atoms with van der Waals surface area (Å²) in [4.78, 5) is 18.9. The maximum atomic E-state index is 13.4. The normalized spacial score (nSPS) is 19.2. The molecule has 0 radical (unpaired) electrons. The predicted molar refractivity (Wildman–Crippen MR) is 84.3 cm³/mol. The Labute approximate surface area is 142 Å². The van der Waals surface area contributed by atoms with Gasteiger partial charge in [0.1, 0.15) is 11.3 Å². The van der Waals surface area contributed by atoms with Gasteiger partial charge in [0.25, 0.3) is 5.91 Å². The first-order chi connectivity index (χ1) is 11.9. The zero-order valence-corrected chi connectivity index (χ0v) is 13.7. The Morgan fingerprint density at radius 3 is 2.40 bits per heavy atom. The molecular weight excluding hydrogens is 333 g/mol. The molecule has 5 nitrogen and oxygen atoms in total. The molecule has 0 atom stereocenters. The Kier molecular flexibility index (Phi) is 3.92. The van der Waals surface area contributed by atoms with Crippen LogP contribution in [0.3, 0.4) is 0 Å². The standard InChI is InChI=1S/C17H19F3N4O/c18-17(19,20)14-9-13(11-5-6-11)22-15-12(10-21-24(14)15)16(25)23-7-3-1-2-4-8-23/h9-11H,1-8H2. The van der Waals surface area contributed by atoms with Crippen molar-refractivity contribution in [3.63, 3.8) is 0 Å². The van der Waals surface area contributed by atoms with E-state index >= 15 is 0 Å². The Hall–Kier alpha value is -2.12. The number of nitrogens with zero attached hydrogens (tertiary/aromatic N) is 4. The van der Waals surface area contributed by atoms with E-state index in [2.05, 4.69) is 10.1 Å². The van der Waals surface area contributed by atoms with E-state index in [1.165, 1.54) is 6.20 Å². The first-order valence-electron chi connectivity index (χ1n) is 8.70. The number of carbonyl (C=O) groups is 1. The number of halogens is 3. The van der Waals surface area contributed by atoms with E-state index < -0.39 is 11.9 Å². The molecule has 2 aromatic heterocycles. The minimum Gasteiger partial charge on any atom is -0.338 e. The Bertz CT molecular complexity index is 802. The van der Waals surface area contributed by atoms with Gasteiger partial charge in [-0.1, -0.05) is 12.8 Å². The van der Waals surface area contributed by atoms with Gasteiger partial charge in [-0.3, -0.25) is 4.79 Å². The number of alkyl halides is 3. The molecule has 0 aromatic carbocycles. The summed E-state index contributed by atoms with van der Waals surface area (Å²) < 4.78 is 41.0. The van der Waals surface area contributed by atoms with Crippen LogP contribution in [0, 0.1) is 0 Å². The first kappa shape index (κ1) is 16.4. The van der Waals surface area contributed by atoms with Gasteiger partial charge in [-0.25, -0.2) is 9.50 Å². The second-order valence-electron chi connectivity index (χ2n) is 6.84. The fourth-order valence-corrected chi connectivity index (χ4v) is 3.37. The van der Waals surface area contributed by atoms with Crippen LogP contribution in [0.2, 0.25) is 0 Å². The molecule has 2 aliphatic rings. The monoisotopic (exact) mass is 352 g/mol. The molecule has 2 fully saturated rings. The topological polar surface area (TPSA) is 50.5 Å². The third-order valence-electron chi connectivity index (χ3n) is 4.90. The van der Waals surface area contributed by atoms with E-state index in [0.717, 1.165) is 49.1 Å². The molecule has 134 valence electrons. The maximum absolute atomic E-state index is 13.4. The Balaban J connectivity index is 1.79.